The summed E-state index contributed by atoms with van der Waals surface area (Å²) in [4.78, 5) is 21.7. The number of amides is 1. The molecule has 1 aromatic heterocycles. The molecular weight excluding hydrogens is 364 g/mol. The molecule has 2 aromatic carbocycles. The van der Waals surface area contributed by atoms with Crippen LogP contribution in [0, 0.1) is 6.92 Å². The van der Waals surface area contributed by atoms with Crippen LogP contribution in [0.1, 0.15) is 41.2 Å². The number of hydrogen-bond donors (Lipinski definition) is 2. The first-order valence-electron chi connectivity index (χ1n) is 9.72. The van der Waals surface area contributed by atoms with Gasteiger partial charge in [0.1, 0.15) is 11.4 Å². The van der Waals surface area contributed by atoms with E-state index in [0.29, 0.717) is 28.8 Å². The van der Waals surface area contributed by atoms with Crippen LogP contribution in [0.4, 0.5) is 17.3 Å². The molecule has 3 aromatic rings. The van der Waals surface area contributed by atoms with E-state index in [9.17, 15) is 4.79 Å². The number of anilines is 3. The van der Waals surface area contributed by atoms with Crippen LogP contribution >= 0.6 is 0 Å². The number of methoxy groups -OCH3 is 1. The number of carbonyl (C=O) groups excluding carboxylic acids is 1. The molecule has 0 radical (unpaired) electrons. The molecule has 0 saturated heterocycles. The fourth-order valence-corrected chi connectivity index (χ4v) is 3.15. The summed E-state index contributed by atoms with van der Waals surface area (Å²) in [6.07, 6.45) is 1.79. The molecule has 0 fully saturated rings. The number of rotatable bonds is 7. The van der Waals surface area contributed by atoms with Crippen molar-refractivity contribution in [3.8, 4) is 5.75 Å². The number of ether oxygens (including phenoxy) is 1. The summed E-state index contributed by atoms with van der Waals surface area (Å²) < 4.78 is 5.20. The zero-order valence-corrected chi connectivity index (χ0v) is 17.2. The summed E-state index contributed by atoms with van der Waals surface area (Å²) in [6, 6.07) is 15.1. The van der Waals surface area contributed by atoms with E-state index in [2.05, 4.69) is 52.6 Å². The first-order chi connectivity index (χ1) is 14.0. The molecule has 0 aliphatic carbocycles. The minimum Gasteiger partial charge on any atom is -0.497 e. The maximum atomic E-state index is 12.7. The lowest BCUT2D eigenvalue weighted by Gasteiger charge is -2.15. The SMILES string of the molecule is CCc1cccc(CC)c1Nc1nc(C)cc(C(=O)Nc2cccc(OC)c2)n1. The number of hydrogen-bond acceptors (Lipinski definition) is 5. The Labute approximate surface area is 171 Å². The molecule has 0 unspecified atom stereocenters. The largest absolute Gasteiger partial charge is 0.497 e. The Kier molecular flexibility index (Phi) is 6.44. The Morgan fingerprint density at radius 2 is 1.69 bits per heavy atom. The van der Waals surface area contributed by atoms with Gasteiger partial charge in [0.25, 0.3) is 5.91 Å². The standard InChI is InChI=1S/C23H26N4O2/c1-5-16-9-7-10-17(6-2)21(16)27-23-24-15(3)13-20(26-23)22(28)25-18-11-8-12-19(14-18)29-4/h7-14H,5-6H2,1-4H3,(H,25,28)(H,24,26,27). The first kappa shape index (κ1) is 20.3. The van der Waals surface area contributed by atoms with Crippen molar-refractivity contribution in [2.45, 2.75) is 33.6 Å². The van der Waals surface area contributed by atoms with E-state index >= 15 is 0 Å². The molecule has 0 bridgehead atoms. The molecular formula is C23H26N4O2. The molecule has 0 saturated carbocycles. The van der Waals surface area contributed by atoms with Gasteiger partial charge in [-0.15, -0.1) is 0 Å². The van der Waals surface area contributed by atoms with Crippen molar-refractivity contribution in [1.82, 2.24) is 9.97 Å². The van der Waals surface area contributed by atoms with Crippen molar-refractivity contribution in [3.05, 3.63) is 71.0 Å². The number of carbonyl (C=O) groups is 1. The van der Waals surface area contributed by atoms with Crippen molar-refractivity contribution >= 4 is 23.2 Å². The predicted molar refractivity (Wildman–Crippen MR) is 116 cm³/mol. The van der Waals surface area contributed by atoms with Gasteiger partial charge in [-0.05, 0) is 49.1 Å². The first-order valence-corrected chi connectivity index (χ1v) is 9.72. The van der Waals surface area contributed by atoms with E-state index < -0.39 is 0 Å². The van der Waals surface area contributed by atoms with Crippen LogP contribution in [0.25, 0.3) is 0 Å². The topological polar surface area (TPSA) is 76.1 Å². The molecule has 1 amide bonds. The number of nitrogens with one attached hydrogen (secondary N) is 2. The Morgan fingerprint density at radius 1 is 1.00 bits per heavy atom. The molecule has 0 atom stereocenters. The number of aryl methyl sites for hydroxylation is 3. The van der Waals surface area contributed by atoms with Crippen LogP contribution in [0.3, 0.4) is 0 Å². The summed E-state index contributed by atoms with van der Waals surface area (Å²) in [5.41, 5.74) is 5.06. The third kappa shape index (κ3) is 4.90. The second kappa shape index (κ2) is 9.19. The van der Waals surface area contributed by atoms with E-state index in [1.54, 1.807) is 25.3 Å². The predicted octanol–water partition coefficient (Wildman–Crippen LogP) is 4.91. The molecule has 6 heteroatoms. The average Bonchev–Trinajstić information content (AvgIpc) is 2.73. The quantitative estimate of drug-likeness (QED) is 0.599. The van der Waals surface area contributed by atoms with Gasteiger partial charge < -0.3 is 15.4 Å². The summed E-state index contributed by atoms with van der Waals surface area (Å²) in [7, 11) is 1.59. The van der Waals surface area contributed by atoms with Gasteiger partial charge >= 0.3 is 0 Å². The lowest BCUT2D eigenvalue weighted by atomic mass is 10.0. The fraction of sp³-hybridized carbons (Fsp3) is 0.261. The third-order valence-electron chi connectivity index (χ3n) is 4.65. The lowest BCUT2D eigenvalue weighted by Crippen LogP contribution is -2.16. The Balaban J connectivity index is 1.88. The van der Waals surface area contributed by atoms with Crippen molar-refractivity contribution < 1.29 is 9.53 Å². The molecule has 0 aliphatic rings. The van der Waals surface area contributed by atoms with Crippen LogP contribution in [0.2, 0.25) is 0 Å². The summed E-state index contributed by atoms with van der Waals surface area (Å²) in [6.45, 7) is 6.08. The number of para-hydroxylation sites is 1. The van der Waals surface area contributed by atoms with Gasteiger partial charge in [0.2, 0.25) is 5.95 Å². The smallest absolute Gasteiger partial charge is 0.274 e. The number of benzene rings is 2. The highest BCUT2D eigenvalue weighted by atomic mass is 16.5. The van der Waals surface area contributed by atoms with Crippen molar-refractivity contribution in [2.75, 3.05) is 17.7 Å². The van der Waals surface area contributed by atoms with Gasteiger partial charge in [0.05, 0.1) is 7.11 Å². The van der Waals surface area contributed by atoms with Crippen LogP contribution in [-0.4, -0.2) is 23.0 Å². The highest BCUT2D eigenvalue weighted by molar-refractivity contribution is 6.03. The average molecular weight is 390 g/mol. The summed E-state index contributed by atoms with van der Waals surface area (Å²) in [5, 5.41) is 6.20. The fourth-order valence-electron chi connectivity index (χ4n) is 3.15. The molecule has 0 aliphatic heterocycles. The Hall–Kier alpha value is -3.41. The minimum atomic E-state index is -0.300. The van der Waals surface area contributed by atoms with Crippen molar-refractivity contribution in [2.24, 2.45) is 0 Å². The van der Waals surface area contributed by atoms with Gasteiger partial charge in [-0.1, -0.05) is 38.1 Å². The van der Waals surface area contributed by atoms with Gasteiger partial charge in [-0.3, -0.25) is 4.79 Å². The summed E-state index contributed by atoms with van der Waals surface area (Å²) >= 11 is 0. The van der Waals surface area contributed by atoms with Crippen LogP contribution in [-0.2, 0) is 12.8 Å². The monoisotopic (exact) mass is 390 g/mol. The third-order valence-corrected chi connectivity index (χ3v) is 4.65. The molecule has 6 nitrogen and oxygen atoms in total. The van der Waals surface area contributed by atoms with Gasteiger partial charge in [-0.25, -0.2) is 9.97 Å². The van der Waals surface area contributed by atoms with Crippen molar-refractivity contribution in [1.29, 1.82) is 0 Å². The normalized spacial score (nSPS) is 10.5. The molecule has 29 heavy (non-hydrogen) atoms. The van der Waals surface area contributed by atoms with Crippen LogP contribution in [0.5, 0.6) is 5.75 Å². The second-order valence-electron chi connectivity index (χ2n) is 6.69. The molecule has 150 valence electrons. The van der Waals surface area contributed by atoms with Gasteiger partial charge in [0, 0.05) is 23.1 Å². The van der Waals surface area contributed by atoms with E-state index in [4.69, 9.17) is 4.74 Å². The number of aromatic nitrogens is 2. The maximum absolute atomic E-state index is 12.7. The highest BCUT2D eigenvalue weighted by Gasteiger charge is 2.14. The van der Waals surface area contributed by atoms with E-state index in [0.717, 1.165) is 18.5 Å². The molecule has 1 heterocycles. The lowest BCUT2D eigenvalue weighted by molar-refractivity contribution is 0.102. The van der Waals surface area contributed by atoms with E-state index in [1.807, 2.05) is 19.1 Å². The maximum Gasteiger partial charge on any atom is 0.274 e. The summed E-state index contributed by atoms with van der Waals surface area (Å²) in [5.74, 6) is 0.787. The van der Waals surface area contributed by atoms with Gasteiger partial charge in [0.15, 0.2) is 0 Å². The Bertz CT molecular complexity index is 995. The van der Waals surface area contributed by atoms with Gasteiger partial charge in [-0.2, -0.15) is 0 Å². The van der Waals surface area contributed by atoms with E-state index in [-0.39, 0.29) is 5.91 Å². The second-order valence-corrected chi connectivity index (χ2v) is 6.69. The van der Waals surface area contributed by atoms with E-state index in [1.165, 1.54) is 11.1 Å². The van der Waals surface area contributed by atoms with Crippen LogP contribution < -0.4 is 15.4 Å². The molecule has 0 spiro atoms. The Morgan fingerprint density at radius 3 is 2.34 bits per heavy atom. The molecule has 2 N–H and O–H groups in total. The highest BCUT2D eigenvalue weighted by Crippen LogP contribution is 2.25. The number of nitrogens with zero attached hydrogens (tertiary/aromatic N) is 2. The zero-order chi connectivity index (χ0) is 20.8. The van der Waals surface area contributed by atoms with Crippen LogP contribution in [0.15, 0.2) is 48.5 Å². The molecule has 3 rings (SSSR count). The minimum absolute atomic E-state index is 0.300. The zero-order valence-electron chi connectivity index (χ0n) is 17.2. The van der Waals surface area contributed by atoms with Crippen molar-refractivity contribution in [3.63, 3.8) is 0 Å².